The molecule has 0 amide bonds. The van der Waals surface area contributed by atoms with Gasteiger partial charge in [-0.3, -0.25) is 4.90 Å². The Kier molecular flexibility index (Phi) is 5.21. The molecule has 0 aromatic heterocycles. The number of nitrogens with zero attached hydrogens (tertiary/aromatic N) is 1. The molecule has 1 aromatic carbocycles. The standard InChI is InChI=1S/C16H26N2/c1-14(12-17)11-16-9-5-6-10-18(16)13-15-7-3-2-4-8-15/h2-4,7-8,14,16H,5-6,9-13,17H2,1H3. The van der Waals surface area contributed by atoms with Gasteiger partial charge in [0.1, 0.15) is 0 Å². The van der Waals surface area contributed by atoms with Gasteiger partial charge in [-0.05, 0) is 43.8 Å². The zero-order valence-electron chi connectivity index (χ0n) is 11.5. The lowest BCUT2D eigenvalue weighted by molar-refractivity contribution is 0.120. The zero-order chi connectivity index (χ0) is 12.8. The molecule has 1 aromatic rings. The number of rotatable bonds is 5. The van der Waals surface area contributed by atoms with Crippen molar-refractivity contribution in [1.82, 2.24) is 4.90 Å². The van der Waals surface area contributed by atoms with Gasteiger partial charge in [-0.15, -0.1) is 0 Å². The lowest BCUT2D eigenvalue weighted by Crippen LogP contribution is -2.40. The maximum Gasteiger partial charge on any atom is 0.0236 e. The van der Waals surface area contributed by atoms with Gasteiger partial charge >= 0.3 is 0 Å². The van der Waals surface area contributed by atoms with Crippen LogP contribution >= 0.6 is 0 Å². The summed E-state index contributed by atoms with van der Waals surface area (Å²) < 4.78 is 0. The Morgan fingerprint density at radius 3 is 2.78 bits per heavy atom. The van der Waals surface area contributed by atoms with Gasteiger partial charge in [0, 0.05) is 12.6 Å². The smallest absolute Gasteiger partial charge is 0.0236 e. The first-order chi connectivity index (χ1) is 8.79. The lowest BCUT2D eigenvalue weighted by Gasteiger charge is -2.37. The fraction of sp³-hybridized carbons (Fsp3) is 0.625. The van der Waals surface area contributed by atoms with Crippen molar-refractivity contribution in [1.29, 1.82) is 0 Å². The fourth-order valence-corrected chi connectivity index (χ4v) is 2.91. The third-order valence-corrected chi connectivity index (χ3v) is 4.05. The van der Waals surface area contributed by atoms with E-state index in [0.29, 0.717) is 5.92 Å². The molecule has 0 bridgehead atoms. The molecule has 2 heteroatoms. The van der Waals surface area contributed by atoms with Crippen molar-refractivity contribution in [2.45, 2.75) is 45.2 Å². The largest absolute Gasteiger partial charge is 0.330 e. The van der Waals surface area contributed by atoms with Crippen LogP contribution in [0.1, 0.15) is 38.2 Å². The Morgan fingerprint density at radius 1 is 1.28 bits per heavy atom. The van der Waals surface area contributed by atoms with E-state index >= 15 is 0 Å². The van der Waals surface area contributed by atoms with Crippen LogP contribution in [0.5, 0.6) is 0 Å². The maximum absolute atomic E-state index is 5.77. The van der Waals surface area contributed by atoms with Crippen molar-refractivity contribution >= 4 is 0 Å². The predicted octanol–water partition coefficient (Wildman–Crippen LogP) is 3.03. The first kappa shape index (κ1) is 13.6. The van der Waals surface area contributed by atoms with Crippen LogP contribution in [0, 0.1) is 5.92 Å². The van der Waals surface area contributed by atoms with Gasteiger partial charge in [0.15, 0.2) is 0 Å². The van der Waals surface area contributed by atoms with E-state index in [0.717, 1.165) is 19.1 Å². The van der Waals surface area contributed by atoms with Crippen LogP contribution in [-0.2, 0) is 6.54 Å². The van der Waals surface area contributed by atoms with E-state index < -0.39 is 0 Å². The summed E-state index contributed by atoms with van der Waals surface area (Å²) in [6.07, 6.45) is 5.33. The minimum Gasteiger partial charge on any atom is -0.330 e. The average molecular weight is 246 g/mol. The molecule has 1 fully saturated rings. The van der Waals surface area contributed by atoms with Crippen LogP contribution in [0.3, 0.4) is 0 Å². The van der Waals surface area contributed by atoms with E-state index in [4.69, 9.17) is 5.73 Å². The van der Waals surface area contributed by atoms with Crippen molar-refractivity contribution in [3.8, 4) is 0 Å². The highest BCUT2D eigenvalue weighted by atomic mass is 15.2. The van der Waals surface area contributed by atoms with E-state index in [1.165, 1.54) is 37.8 Å². The van der Waals surface area contributed by atoms with E-state index in [-0.39, 0.29) is 0 Å². The van der Waals surface area contributed by atoms with Crippen LogP contribution in [0.2, 0.25) is 0 Å². The summed E-state index contributed by atoms with van der Waals surface area (Å²) in [7, 11) is 0. The number of benzene rings is 1. The molecule has 1 aliphatic heterocycles. The summed E-state index contributed by atoms with van der Waals surface area (Å²) >= 11 is 0. The molecule has 2 rings (SSSR count). The summed E-state index contributed by atoms with van der Waals surface area (Å²) in [6, 6.07) is 11.6. The quantitative estimate of drug-likeness (QED) is 0.865. The fourth-order valence-electron chi connectivity index (χ4n) is 2.91. The zero-order valence-corrected chi connectivity index (χ0v) is 11.5. The Morgan fingerprint density at radius 2 is 2.06 bits per heavy atom. The average Bonchev–Trinajstić information content (AvgIpc) is 2.42. The third-order valence-electron chi connectivity index (χ3n) is 4.05. The van der Waals surface area contributed by atoms with Crippen molar-refractivity contribution < 1.29 is 0 Å². The third kappa shape index (κ3) is 3.82. The Hall–Kier alpha value is -0.860. The minimum atomic E-state index is 0.645. The van der Waals surface area contributed by atoms with E-state index in [1.807, 2.05) is 0 Å². The monoisotopic (exact) mass is 246 g/mol. The van der Waals surface area contributed by atoms with Crippen molar-refractivity contribution in [2.75, 3.05) is 13.1 Å². The molecule has 2 N–H and O–H groups in total. The minimum absolute atomic E-state index is 0.645. The first-order valence-corrected chi connectivity index (χ1v) is 7.27. The number of hydrogen-bond acceptors (Lipinski definition) is 2. The highest BCUT2D eigenvalue weighted by molar-refractivity contribution is 5.14. The van der Waals surface area contributed by atoms with Gasteiger partial charge in [0.25, 0.3) is 0 Å². The summed E-state index contributed by atoms with van der Waals surface area (Å²) in [6.45, 7) is 5.44. The second kappa shape index (κ2) is 6.91. The number of nitrogens with two attached hydrogens (primary N) is 1. The lowest BCUT2D eigenvalue weighted by atomic mass is 9.93. The van der Waals surface area contributed by atoms with Crippen LogP contribution in [0.15, 0.2) is 30.3 Å². The summed E-state index contributed by atoms with van der Waals surface area (Å²) in [5.41, 5.74) is 7.20. The number of hydrogen-bond donors (Lipinski definition) is 1. The summed E-state index contributed by atoms with van der Waals surface area (Å²) in [5.74, 6) is 0.645. The topological polar surface area (TPSA) is 29.3 Å². The molecule has 100 valence electrons. The molecule has 0 aliphatic carbocycles. The van der Waals surface area contributed by atoms with Gasteiger partial charge in [-0.2, -0.15) is 0 Å². The molecule has 2 atom stereocenters. The molecule has 18 heavy (non-hydrogen) atoms. The molecule has 2 unspecified atom stereocenters. The molecule has 1 saturated heterocycles. The summed E-state index contributed by atoms with van der Waals surface area (Å²) in [5, 5.41) is 0. The molecular weight excluding hydrogens is 220 g/mol. The second-order valence-electron chi connectivity index (χ2n) is 5.68. The number of piperidine rings is 1. The predicted molar refractivity (Wildman–Crippen MR) is 77.3 cm³/mol. The highest BCUT2D eigenvalue weighted by Crippen LogP contribution is 2.24. The van der Waals surface area contributed by atoms with Crippen LogP contribution in [0.25, 0.3) is 0 Å². The number of likely N-dealkylation sites (tertiary alicyclic amines) is 1. The van der Waals surface area contributed by atoms with E-state index in [9.17, 15) is 0 Å². The molecule has 1 heterocycles. The van der Waals surface area contributed by atoms with Gasteiger partial charge in [-0.25, -0.2) is 0 Å². The molecule has 0 radical (unpaired) electrons. The molecule has 1 aliphatic rings. The van der Waals surface area contributed by atoms with Crippen molar-refractivity contribution in [3.63, 3.8) is 0 Å². The molecular formula is C16H26N2. The van der Waals surface area contributed by atoms with Gasteiger partial charge in [-0.1, -0.05) is 43.7 Å². The van der Waals surface area contributed by atoms with Crippen LogP contribution < -0.4 is 5.73 Å². The Balaban J connectivity index is 1.95. The van der Waals surface area contributed by atoms with Crippen molar-refractivity contribution in [3.05, 3.63) is 35.9 Å². The first-order valence-electron chi connectivity index (χ1n) is 7.27. The Bertz CT molecular complexity index is 336. The van der Waals surface area contributed by atoms with Crippen LogP contribution in [0.4, 0.5) is 0 Å². The molecule has 0 spiro atoms. The van der Waals surface area contributed by atoms with Crippen molar-refractivity contribution in [2.24, 2.45) is 11.7 Å². The van der Waals surface area contributed by atoms with Gasteiger partial charge in [0.2, 0.25) is 0 Å². The van der Waals surface area contributed by atoms with Gasteiger partial charge in [0.05, 0.1) is 0 Å². The van der Waals surface area contributed by atoms with E-state index in [2.05, 4.69) is 42.2 Å². The SMILES string of the molecule is CC(CN)CC1CCCCN1Cc1ccccc1. The van der Waals surface area contributed by atoms with E-state index in [1.54, 1.807) is 0 Å². The molecule has 0 saturated carbocycles. The Labute approximate surface area is 111 Å². The molecule has 2 nitrogen and oxygen atoms in total. The summed E-state index contributed by atoms with van der Waals surface area (Å²) in [4.78, 5) is 2.66. The van der Waals surface area contributed by atoms with Gasteiger partial charge < -0.3 is 5.73 Å². The normalized spacial score (nSPS) is 22.9. The van der Waals surface area contributed by atoms with Crippen LogP contribution in [-0.4, -0.2) is 24.0 Å². The highest BCUT2D eigenvalue weighted by Gasteiger charge is 2.23. The second-order valence-corrected chi connectivity index (χ2v) is 5.68. The maximum atomic E-state index is 5.77.